The number of halogens is 1. The van der Waals surface area contributed by atoms with Gasteiger partial charge in [0, 0.05) is 41.6 Å². The van der Waals surface area contributed by atoms with Crippen molar-refractivity contribution in [3.8, 4) is 16.3 Å². The second-order valence-electron chi connectivity index (χ2n) is 5.65. The minimum Gasteiger partial charge on any atom is -0.322 e. The third kappa shape index (κ3) is 3.26. The summed E-state index contributed by atoms with van der Waals surface area (Å²) in [5, 5.41) is 10.1. The van der Waals surface area contributed by atoms with Crippen molar-refractivity contribution in [2.75, 3.05) is 5.32 Å². The van der Waals surface area contributed by atoms with Crippen LogP contribution in [-0.4, -0.2) is 25.2 Å². The van der Waals surface area contributed by atoms with Gasteiger partial charge < -0.3 is 9.88 Å². The second-order valence-corrected chi connectivity index (χ2v) is 6.94. The van der Waals surface area contributed by atoms with Crippen molar-refractivity contribution in [1.29, 1.82) is 0 Å². The number of carbonyl (C=O) groups excluding carboxylic acids is 1. The maximum absolute atomic E-state index is 12.6. The first-order valence-electron chi connectivity index (χ1n) is 7.79. The molecule has 4 rings (SSSR count). The van der Waals surface area contributed by atoms with Gasteiger partial charge in [-0.1, -0.05) is 11.6 Å². The zero-order chi connectivity index (χ0) is 18.1. The Bertz CT molecular complexity index is 1070. The third-order valence-corrected chi connectivity index (χ3v) is 4.91. The Balaban J connectivity index is 1.60. The molecule has 1 amide bonds. The maximum atomic E-state index is 12.6. The zero-order valence-electron chi connectivity index (χ0n) is 13.8. The predicted octanol–water partition coefficient (Wildman–Crippen LogP) is 4.24. The lowest BCUT2D eigenvalue weighted by Crippen LogP contribution is -2.14. The van der Waals surface area contributed by atoms with Crippen LogP contribution in [0, 0.1) is 0 Å². The standard InChI is InChI=1S/C18H14ClN5OS/c1-23-10-12(9-20-23)18-22-15(11-26-18)17(25)21-14-5-4-13(19)8-16(14)24-6-2-3-7-24/h2-11H,1H3,(H,21,25). The summed E-state index contributed by atoms with van der Waals surface area (Å²) in [5.74, 6) is -0.271. The Morgan fingerprint density at radius 1 is 1.27 bits per heavy atom. The molecule has 0 atom stereocenters. The van der Waals surface area contributed by atoms with E-state index >= 15 is 0 Å². The fourth-order valence-corrected chi connectivity index (χ4v) is 3.49. The van der Waals surface area contributed by atoms with E-state index in [2.05, 4.69) is 15.4 Å². The van der Waals surface area contributed by atoms with Crippen LogP contribution in [0.3, 0.4) is 0 Å². The Kier molecular flexibility index (Phi) is 4.32. The summed E-state index contributed by atoms with van der Waals surface area (Å²) in [5.41, 5.74) is 2.70. The first-order chi connectivity index (χ1) is 12.6. The number of thiazole rings is 1. The van der Waals surface area contributed by atoms with Gasteiger partial charge in [-0.25, -0.2) is 4.98 Å². The molecule has 0 aliphatic carbocycles. The van der Waals surface area contributed by atoms with Crippen LogP contribution in [0.25, 0.3) is 16.3 Å². The molecule has 0 aliphatic heterocycles. The Morgan fingerprint density at radius 3 is 2.81 bits per heavy atom. The molecule has 26 heavy (non-hydrogen) atoms. The summed E-state index contributed by atoms with van der Waals surface area (Å²) >= 11 is 7.52. The molecule has 0 aliphatic rings. The van der Waals surface area contributed by atoms with E-state index in [0.29, 0.717) is 16.4 Å². The van der Waals surface area contributed by atoms with E-state index in [1.165, 1.54) is 11.3 Å². The van der Waals surface area contributed by atoms with E-state index in [4.69, 9.17) is 11.6 Å². The minimum absolute atomic E-state index is 0.271. The quantitative estimate of drug-likeness (QED) is 0.573. The first kappa shape index (κ1) is 16.6. The smallest absolute Gasteiger partial charge is 0.275 e. The van der Waals surface area contributed by atoms with Crippen LogP contribution in [0.4, 0.5) is 5.69 Å². The van der Waals surface area contributed by atoms with Crippen LogP contribution in [0.5, 0.6) is 0 Å². The van der Waals surface area contributed by atoms with Crippen molar-refractivity contribution in [2.45, 2.75) is 0 Å². The molecule has 4 aromatic rings. The highest BCUT2D eigenvalue weighted by Crippen LogP contribution is 2.27. The van der Waals surface area contributed by atoms with E-state index in [-0.39, 0.29) is 5.91 Å². The molecular weight excluding hydrogens is 370 g/mol. The number of aryl methyl sites for hydroxylation is 1. The molecule has 130 valence electrons. The van der Waals surface area contributed by atoms with Crippen molar-refractivity contribution in [3.05, 3.63) is 71.2 Å². The number of amides is 1. The van der Waals surface area contributed by atoms with Crippen LogP contribution in [0.1, 0.15) is 10.5 Å². The van der Waals surface area contributed by atoms with E-state index in [9.17, 15) is 4.79 Å². The first-order valence-corrected chi connectivity index (χ1v) is 9.05. The van der Waals surface area contributed by atoms with E-state index in [0.717, 1.165) is 16.3 Å². The van der Waals surface area contributed by atoms with Crippen molar-refractivity contribution < 1.29 is 4.79 Å². The number of benzene rings is 1. The number of rotatable bonds is 4. The normalized spacial score (nSPS) is 10.8. The largest absolute Gasteiger partial charge is 0.322 e. The molecule has 6 nitrogen and oxygen atoms in total. The number of carbonyl (C=O) groups is 1. The molecule has 0 fully saturated rings. The summed E-state index contributed by atoms with van der Waals surface area (Å²) in [7, 11) is 1.84. The van der Waals surface area contributed by atoms with Gasteiger partial charge >= 0.3 is 0 Å². The van der Waals surface area contributed by atoms with Crippen LogP contribution >= 0.6 is 22.9 Å². The van der Waals surface area contributed by atoms with Crippen molar-refractivity contribution in [3.63, 3.8) is 0 Å². The highest BCUT2D eigenvalue weighted by Gasteiger charge is 2.15. The molecule has 0 saturated heterocycles. The second kappa shape index (κ2) is 6.78. The lowest BCUT2D eigenvalue weighted by Gasteiger charge is -2.12. The monoisotopic (exact) mass is 383 g/mol. The zero-order valence-corrected chi connectivity index (χ0v) is 15.3. The number of nitrogens with zero attached hydrogens (tertiary/aromatic N) is 4. The summed E-state index contributed by atoms with van der Waals surface area (Å²) in [6, 6.07) is 9.15. The van der Waals surface area contributed by atoms with Crippen molar-refractivity contribution in [2.24, 2.45) is 7.05 Å². The topological polar surface area (TPSA) is 64.7 Å². The molecule has 0 bridgehead atoms. The molecule has 0 spiro atoms. The number of nitrogens with one attached hydrogen (secondary N) is 1. The maximum Gasteiger partial charge on any atom is 0.275 e. The number of hydrogen-bond acceptors (Lipinski definition) is 4. The summed E-state index contributed by atoms with van der Waals surface area (Å²) < 4.78 is 3.59. The molecule has 0 unspecified atom stereocenters. The Labute approximate surface area is 158 Å². The van der Waals surface area contributed by atoms with Crippen LogP contribution in [0.2, 0.25) is 5.02 Å². The molecular formula is C18H14ClN5OS. The van der Waals surface area contributed by atoms with E-state index in [1.54, 1.807) is 34.5 Å². The fourth-order valence-electron chi connectivity index (χ4n) is 2.55. The molecule has 3 heterocycles. The number of aromatic nitrogens is 4. The van der Waals surface area contributed by atoms with Gasteiger partial charge in [-0.2, -0.15) is 5.10 Å². The van der Waals surface area contributed by atoms with E-state index in [1.807, 2.05) is 42.3 Å². The molecule has 1 aromatic carbocycles. The molecule has 1 N–H and O–H groups in total. The highest BCUT2D eigenvalue weighted by molar-refractivity contribution is 7.13. The third-order valence-electron chi connectivity index (χ3n) is 3.78. The van der Waals surface area contributed by atoms with Gasteiger partial charge in [0.2, 0.25) is 0 Å². The SMILES string of the molecule is Cn1cc(-c2nc(C(=O)Nc3ccc(Cl)cc3-n3cccc3)cs2)cn1. The van der Waals surface area contributed by atoms with Crippen LogP contribution < -0.4 is 5.32 Å². The minimum atomic E-state index is -0.271. The molecule has 0 saturated carbocycles. The highest BCUT2D eigenvalue weighted by atomic mass is 35.5. The molecule has 8 heteroatoms. The number of anilines is 1. The lowest BCUT2D eigenvalue weighted by molar-refractivity contribution is 0.102. The lowest BCUT2D eigenvalue weighted by atomic mass is 10.2. The van der Waals surface area contributed by atoms with Gasteiger partial charge in [0.05, 0.1) is 17.6 Å². The average molecular weight is 384 g/mol. The van der Waals surface area contributed by atoms with E-state index < -0.39 is 0 Å². The Hall–Kier alpha value is -2.90. The fraction of sp³-hybridized carbons (Fsp3) is 0.0556. The summed E-state index contributed by atoms with van der Waals surface area (Å²) in [6.07, 6.45) is 7.38. The van der Waals surface area contributed by atoms with Gasteiger partial charge in [-0.3, -0.25) is 9.48 Å². The van der Waals surface area contributed by atoms with Crippen LogP contribution in [0.15, 0.2) is 60.5 Å². The Morgan fingerprint density at radius 2 is 2.08 bits per heavy atom. The number of hydrogen-bond donors (Lipinski definition) is 1. The van der Waals surface area contributed by atoms with Crippen molar-refractivity contribution in [1.82, 2.24) is 19.3 Å². The van der Waals surface area contributed by atoms with Gasteiger partial charge in [-0.15, -0.1) is 11.3 Å². The van der Waals surface area contributed by atoms with Gasteiger partial charge in [0.15, 0.2) is 0 Å². The van der Waals surface area contributed by atoms with Crippen LogP contribution in [-0.2, 0) is 7.05 Å². The average Bonchev–Trinajstić information content (AvgIpc) is 3.37. The van der Waals surface area contributed by atoms with Crippen molar-refractivity contribution >= 4 is 34.5 Å². The predicted molar refractivity (Wildman–Crippen MR) is 103 cm³/mol. The molecule has 3 aromatic heterocycles. The van der Waals surface area contributed by atoms with Gasteiger partial charge in [-0.05, 0) is 30.3 Å². The van der Waals surface area contributed by atoms with Gasteiger partial charge in [0.1, 0.15) is 10.7 Å². The summed E-state index contributed by atoms with van der Waals surface area (Å²) in [6.45, 7) is 0. The van der Waals surface area contributed by atoms with Gasteiger partial charge in [0.25, 0.3) is 5.91 Å². The molecule has 0 radical (unpaired) electrons. The summed E-state index contributed by atoms with van der Waals surface area (Å²) in [4.78, 5) is 17.1.